The number of anilines is 1. The highest BCUT2D eigenvalue weighted by molar-refractivity contribution is 7.89. The van der Waals surface area contributed by atoms with Crippen molar-refractivity contribution in [3.8, 4) is 0 Å². The lowest BCUT2D eigenvalue weighted by molar-refractivity contribution is -0.116. The van der Waals surface area contributed by atoms with Crippen LogP contribution in [0.1, 0.15) is 29.9 Å². The maximum Gasteiger partial charge on any atom is 0.243 e. The molecule has 0 saturated heterocycles. The lowest BCUT2D eigenvalue weighted by atomic mass is 10.1. The number of fused-ring (bicyclic) bond motifs is 1. The van der Waals surface area contributed by atoms with Gasteiger partial charge in [0.1, 0.15) is 0 Å². The van der Waals surface area contributed by atoms with E-state index in [2.05, 4.69) is 0 Å². The maximum atomic E-state index is 12.9. The Morgan fingerprint density at radius 1 is 1.36 bits per heavy atom. The van der Waals surface area contributed by atoms with Gasteiger partial charge in [0.05, 0.1) is 4.90 Å². The molecule has 0 N–H and O–H groups in total. The first-order valence-electron chi connectivity index (χ1n) is 8.14. The van der Waals surface area contributed by atoms with Crippen molar-refractivity contribution in [1.82, 2.24) is 4.31 Å². The van der Waals surface area contributed by atoms with Crippen molar-refractivity contribution in [3.63, 3.8) is 0 Å². The predicted octanol–water partition coefficient (Wildman–Crippen LogP) is 3.17. The minimum absolute atomic E-state index is 0.0212. The van der Waals surface area contributed by atoms with Gasteiger partial charge in [-0.1, -0.05) is 0 Å². The third-order valence-corrected chi connectivity index (χ3v) is 7.46. The zero-order chi connectivity index (χ0) is 18.4. The highest BCUT2D eigenvalue weighted by Crippen LogP contribution is 2.34. The number of amides is 1. The Balaban J connectivity index is 1.90. The average molecular weight is 379 g/mol. The molecule has 0 aliphatic carbocycles. The van der Waals surface area contributed by atoms with Crippen molar-refractivity contribution >= 4 is 33.0 Å². The molecule has 3 rings (SSSR count). The van der Waals surface area contributed by atoms with E-state index in [4.69, 9.17) is 0 Å². The summed E-state index contributed by atoms with van der Waals surface area (Å²) in [4.78, 5) is 14.9. The Kier molecular flexibility index (Phi) is 4.74. The molecule has 1 aliphatic heterocycles. The van der Waals surface area contributed by atoms with Crippen molar-refractivity contribution in [2.24, 2.45) is 0 Å². The number of hydrogen-bond donors (Lipinski definition) is 0. The molecule has 7 heteroatoms. The number of sulfonamides is 1. The fourth-order valence-corrected chi connectivity index (χ4v) is 5.51. The van der Waals surface area contributed by atoms with Crippen molar-refractivity contribution in [1.29, 1.82) is 0 Å². The molecule has 1 amide bonds. The van der Waals surface area contributed by atoms with E-state index in [0.717, 1.165) is 21.7 Å². The molecule has 25 heavy (non-hydrogen) atoms. The number of carbonyl (C=O) groups is 1. The summed E-state index contributed by atoms with van der Waals surface area (Å²) < 4.78 is 27.2. The van der Waals surface area contributed by atoms with Crippen molar-refractivity contribution in [3.05, 3.63) is 45.6 Å². The molecule has 2 aromatic rings. The van der Waals surface area contributed by atoms with E-state index in [9.17, 15) is 13.2 Å². The molecule has 0 bridgehead atoms. The molecule has 2 heterocycles. The van der Waals surface area contributed by atoms with Crippen molar-refractivity contribution in [2.45, 2.75) is 44.7 Å². The second-order valence-electron chi connectivity index (χ2n) is 6.52. The summed E-state index contributed by atoms with van der Waals surface area (Å²) in [5.41, 5.74) is 2.83. The minimum atomic E-state index is -3.57. The summed E-state index contributed by atoms with van der Waals surface area (Å²) in [6.45, 7) is 5.85. The Hall–Kier alpha value is -1.70. The van der Waals surface area contributed by atoms with E-state index in [1.165, 1.54) is 11.2 Å². The first-order chi connectivity index (χ1) is 11.7. The zero-order valence-corrected chi connectivity index (χ0v) is 16.4. The fraction of sp³-hybridized carbons (Fsp3) is 0.389. The van der Waals surface area contributed by atoms with Crippen molar-refractivity contribution in [2.75, 3.05) is 11.9 Å². The summed E-state index contributed by atoms with van der Waals surface area (Å²) in [5.74, 6) is -0.0212. The van der Waals surface area contributed by atoms with Gasteiger partial charge in [-0.05, 0) is 61.0 Å². The number of nitrogens with zero attached hydrogens (tertiary/aromatic N) is 2. The zero-order valence-electron chi connectivity index (χ0n) is 14.8. The van der Waals surface area contributed by atoms with Crippen LogP contribution in [-0.2, 0) is 27.8 Å². The molecule has 1 aromatic heterocycles. The summed E-state index contributed by atoms with van der Waals surface area (Å²) >= 11 is 1.56. The largest absolute Gasteiger partial charge is 0.309 e. The fourth-order valence-electron chi connectivity index (χ4n) is 3.28. The number of aryl methyl sites for hydroxylation is 1. The first kappa shape index (κ1) is 18.1. The molecule has 0 radical (unpaired) electrons. The average Bonchev–Trinajstić information content (AvgIpc) is 3.08. The number of benzene rings is 1. The van der Waals surface area contributed by atoms with E-state index in [1.807, 2.05) is 25.3 Å². The molecule has 0 fully saturated rings. The van der Waals surface area contributed by atoms with E-state index < -0.39 is 10.0 Å². The predicted molar refractivity (Wildman–Crippen MR) is 100 cm³/mol. The lowest BCUT2D eigenvalue weighted by Crippen LogP contribution is -2.33. The normalized spacial score (nSPS) is 17.2. The van der Waals surface area contributed by atoms with Crippen LogP contribution in [0.4, 0.5) is 5.69 Å². The van der Waals surface area contributed by atoms with Crippen LogP contribution in [0.5, 0.6) is 0 Å². The van der Waals surface area contributed by atoms with Gasteiger partial charge in [0.25, 0.3) is 0 Å². The molecule has 0 saturated carbocycles. The standard InChI is InChI=1S/C18H22N2O3S2/c1-12-7-8-24-18(12)11-19(4)25(22,23)16-5-6-17-15(10-16)9-13(2)20(17)14(3)21/h5-8,10,13H,9,11H2,1-4H3/t13-/m0/s1. The van der Waals surface area contributed by atoms with Crippen LogP contribution in [-0.4, -0.2) is 31.7 Å². The van der Waals surface area contributed by atoms with Crippen LogP contribution in [0.15, 0.2) is 34.5 Å². The van der Waals surface area contributed by atoms with Gasteiger partial charge >= 0.3 is 0 Å². The second-order valence-corrected chi connectivity index (χ2v) is 9.57. The smallest absolute Gasteiger partial charge is 0.243 e. The second kappa shape index (κ2) is 6.55. The molecule has 1 atom stereocenters. The van der Waals surface area contributed by atoms with Gasteiger partial charge < -0.3 is 4.90 Å². The van der Waals surface area contributed by atoms with Gasteiger partial charge in [0.2, 0.25) is 15.9 Å². The third kappa shape index (κ3) is 3.23. The van der Waals surface area contributed by atoms with Gasteiger partial charge in [-0.15, -0.1) is 11.3 Å². The summed E-state index contributed by atoms with van der Waals surface area (Å²) in [6, 6.07) is 7.10. The van der Waals surface area contributed by atoms with Crippen LogP contribution in [0.2, 0.25) is 0 Å². The Morgan fingerprint density at radius 3 is 2.68 bits per heavy atom. The van der Waals surface area contributed by atoms with Gasteiger partial charge in [-0.25, -0.2) is 8.42 Å². The number of carbonyl (C=O) groups excluding carboxylic acids is 1. The Bertz CT molecular complexity index is 918. The van der Waals surface area contributed by atoms with E-state index in [1.54, 1.807) is 41.5 Å². The first-order valence-corrected chi connectivity index (χ1v) is 10.5. The van der Waals surface area contributed by atoms with Gasteiger partial charge in [-0.3, -0.25) is 4.79 Å². The molecule has 1 aromatic carbocycles. The number of rotatable bonds is 4. The molecule has 1 aliphatic rings. The molecule has 134 valence electrons. The minimum Gasteiger partial charge on any atom is -0.309 e. The highest BCUT2D eigenvalue weighted by Gasteiger charge is 2.31. The monoisotopic (exact) mass is 378 g/mol. The van der Waals surface area contributed by atoms with Crippen LogP contribution >= 0.6 is 11.3 Å². The van der Waals surface area contributed by atoms with Gasteiger partial charge in [0.15, 0.2) is 0 Å². The quantitative estimate of drug-likeness (QED) is 0.821. The van der Waals surface area contributed by atoms with Crippen LogP contribution in [0.3, 0.4) is 0 Å². The number of thiophene rings is 1. The summed E-state index contributed by atoms with van der Waals surface area (Å²) in [7, 11) is -1.97. The molecule has 0 unspecified atom stereocenters. The molecule has 5 nitrogen and oxygen atoms in total. The Labute approximate surface area is 152 Å². The van der Waals surface area contributed by atoms with Crippen LogP contribution in [0.25, 0.3) is 0 Å². The highest BCUT2D eigenvalue weighted by atomic mass is 32.2. The third-order valence-electron chi connectivity index (χ3n) is 4.65. The molecular formula is C18H22N2O3S2. The van der Waals surface area contributed by atoms with Crippen LogP contribution in [0, 0.1) is 6.92 Å². The van der Waals surface area contributed by atoms with E-state index in [0.29, 0.717) is 13.0 Å². The topological polar surface area (TPSA) is 57.7 Å². The van der Waals surface area contributed by atoms with Gasteiger partial charge in [0, 0.05) is 37.1 Å². The molecule has 0 spiro atoms. The summed E-state index contributed by atoms with van der Waals surface area (Å²) in [6.07, 6.45) is 0.673. The van der Waals surface area contributed by atoms with E-state index >= 15 is 0 Å². The Morgan fingerprint density at radius 2 is 2.08 bits per heavy atom. The maximum absolute atomic E-state index is 12.9. The van der Waals surface area contributed by atoms with Gasteiger partial charge in [-0.2, -0.15) is 4.31 Å². The van der Waals surface area contributed by atoms with Crippen LogP contribution < -0.4 is 4.90 Å². The summed E-state index contributed by atoms with van der Waals surface area (Å²) in [5, 5.41) is 1.97. The SMILES string of the molecule is CC(=O)N1c2ccc(S(=O)(=O)N(C)Cc3sccc3C)cc2C[C@@H]1C. The lowest BCUT2D eigenvalue weighted by Gasteiger charge is -2.21. The van der Waals surface area contributed by atoms with Crippen molar-refractivity contribution < 1.29 is 13.2 Å². The molecular weight excluding hydrogens is 356 g/mol. The number of hydrogen-bond acceptors (Lipinski definition) is 4. The van der Waals surface area contributed by atoms with E-state index in [-0.39, 0.29) is 16.8 Å².